The summed E-state index contributed by atoms with van der Waals surface area (Å²) in [6.07, 6.45) is -0.325. The number of hydrogen-bond acceptors (Lipinski definition) is 9. The number of esters is 1. The van der Waals surface area contributed by atoms with Crippen molar-refractivity contribution in [3.63, 3.8) is 0 Å². The average molecular weight is 545 g/mol. The molecule has 0 aliphatic carbocycles. The van der Waals surface area contributed by atoms with Gasteiger partial charge in [-0.3, -0.25) is 23.7 Å². The van der Waals surface area contributed by atoms with Crippen molar-refractivity contribution < 1.29 is 32.6 Å². The lowest BCUT2D eigenvalue weighted by Gasteiger charge is -2.25. The standard InChI is InChI=1S/C25H28N3O9P/c1-17-14-28(25(31)26-23(17)29)21-15-34-22(36-21)16-35-38(32,37-19-11-7-4-8-12-19)27-20(24(30)33-2)13-18-9-5-3-6-10-18/h3-12,14,20-22H,13,15-16H2,1-2H3,(H,27,32)(H,26,29,31)/t20-,21+,22+,38?/m0/s1. The minimum Gasteiger partial charge on any atom is -0.468 e. The van der Waals surface area contributed by atoms with E-state index in [-0.39, 0.29) is 25.4 Å². The minimum absolute atomic E-state index is 0.0184. The summed E-state index contributed by atoms with van der Waals surface area (Å²) in [5.74, 6) is -0.413. The van der Waals surface area contributed by atoms with Crippen LogP contribution in [-0.2, 0) is 34.5 Å². The normalized spacial score (nSPS) is 19.4. The van der Waals surface area contributed by atoms with Crippen LogP contribution in [0, 0.1) is 6.92 Å². The lowest BCUT2D eigenvalue weighted by atomic mass is 10.1. The van der Waals surface area contributed by atoms with Gasteiger partial charge in [0.2, 0.25) is 0 Å². The number of hydrogen-bond donors (Lipinski definition) is 2. The molecule has 38 heavy (non-hydrogen) atoms. The highest BCUT2D eigenvalue weighted by molar-refractivity contribution is 7.52. The number of carbonyl (C=O) groups excluding carboxylic acids is 1. The van der Waals surface area contributed by atoms with Gasteiger partial charge in [-0.05, 0) is 31.0 Å². The van der Waals surface area contributed by atoms with Gasteiger partial charge in [0.05, 0.1) is 13.7 Å². The molecule has 3 aromatic rings. The van der Waals surface area contributed by atoms with E-state index in [1.807, 2.05) is 30.3 Å². The predicted octanol–water partition coefficient (Wildman–Crippen LogP) is 2.29. The second-order valence-corrected chi connectivity index (χ2v) is 10.1. The van der Waals surface area contributed by atoms with Crippen LogP contribution >= 0.6 is 7.75 Å². The number of methoxy groups -OCH3 is 1. The van der Waals surface area contributed by atoms with Crippen LogP contribution in [0.5, 0.6) is 5.75 Å². The Bertz CT molecular complexity index is 1390. The highest BCUT2D eigenvalue weighted by Gasteiger charge is 2.37. The summed E-state index contributed by atoms with van der Waals surface area (Å²) < 4.78 is 42.6. The largest absolute Gasteiger partial charge is 0.468 e. The first-order valence-corrected chi connectivity index (χ1v) is 13.3. The van der Waals surface area contributed by atoms with Crippen molar-refractivity contribution in [3.8, 4) is 5.75 Å². The van der Waals surface area contributed by atoms with Gasteiger partial charge in [-0.25, -0.2) is 9.36 Å². The molecular formula is C25H28N3O9P. The van der Waals surface area contributed by atoms with Crippen LogP contribution in [0.25, 0.3) is 0 Å². The Morgan fingerprint density at radius 3 is 2.53 bits per heavy atom. The van der Waals surface area contributed by atoms with E-state index in [9.17, 15) is 18.9 Å². The van der Waals surface area contributed by atoms with Gasteiger partial charge < -0.3 is 18.7 Å². The maximum atomic E-state index is 13.9. The molecular weight excluding hydrogens is 517 g/mol. The number of rotatable bonds is 11. The van der Waals surface area contributed by atoms with Gasteiger partial charge in [0, 0.05) is 11.8 Å². The summed E-state index contributed by atoms with van der Waals surface area (Å²) in [4.78, 5) is 38.6. The first-order valence-electron chi connectivity index (χ1n) is 11.7. The molecule has 1 saturated heterocycles. The fourth-order valence-electron chi connectivity index (χ4n) is 3.71. The number of aryl methyl sites for hydroxylation is 1. The van der Waals surface area contributed by atoms with Crippen LogP contribution in [-0.4, -0.2) is 48.2 Å². The molecule has 1 aliphatic rings. The van der Waals surface area contributed by atoms with E-state index < -0.39 is 43.5 Å². The summed E-state index contributed by atoms with van der Waals surface area (Å²) >= 11 is 0. The molecule has 2 aromatic carbocycles. The zero-order valence-corrected chi connectivity index (χ0v) is 21.7. The van der Waals surface area contributed by atoms with Crippen molar-refractivity contribution in [2.75, 3.05) is 20.3 Å². The first kappa shape index (κ1) is 27.5. The molecule has 2 N–H and O–H groups in total. The van der Waals surface area contributed by atoms with Crippen LogP contribution in [0.2, 0.25) is 0 Å². The highest BCUT2D eigenvalue weighted by Crippen LogP contribution is 2.45. The molecule has 0 bridgehead atoms. The van der Waals surface area contributed by atoms with Gasteiger partial charge >= 0.3 is 19.4 Å². The molecule has 1 unspecified atom stereocenters. The van der Waals surface area contributed by atoms with Crippen LogP contribution in [0.3, 0.4) is 0 Å². The van der Waals surface area contributed by atoms with E-state index in [0.717, 1.165) is 5.56 Å². The Morgan fingerprint density at radius 2 is 1.84 bits per heavy atom. The van der Waals surface area contributed by atoms with Gasteiger partial charge in [-0.15, -0.1) is 0 Å². The second-order valence-electron chi connectivity index (χ2n) is 8.42. The maximum Gasteiger partial charge on any atom is 0.459 e. The van der Waals surface area contributed by atoms with Gasteiger partial charge in [0.25, 0.3) is 5.56 Å². The van der Waals surface area contributed by atoms with Crippen LogP contribution in [0.1, 0.15) is 17.4 Å². The zero-order valence-electron chi connectivity index (χ0n) is 20.8. The molecule has 1 aliphatic heterocycles. The van der Waals surface area contributed by atoms with Crippen LogP contribution in [0.15, 0.2) is 76.4 Å². The third kappa shape index (κ3) is 7.06. The van der Waals surface area contributed by atoms with Gasteiger partial charge in [-0.1, -0.05) is 48.5 Å². The Balaban J connectivity index is 1.49. The number of nitrogens with one attached hydrogen (secondary N) is 2. The minimum atomic E-state index is -4.20. The number of aromatic amines is 1. The smallest absolute Gasteiger partial charge is 0.459 e. The van der Waals surface area contributed by atoms with Gasteiger partial charge in [0.1, 0.15) is 18.4 Å². The number of nitrogens with zero attached hydrogens (tertiary/aromatic N) is 1. The summed E-state index contributed by atoms with van der Waals surface area (Å²) in [6.45, 7) is 1.18. The van der Waals surface area contributed by atoms with Crippen LogP contribution < -0.4 is 20.9 Å². The molecule has 0 radical (unpaired) electrons. The number of ether oxygens (including phenoxy) is 3. The Labute approximate surface area is 218 Å². The van der Waals surface area contributed by atoms with Crippen molar-refractivity contribution in [3.05, 3.63) is 98.8 Å². The van der Waals surface area contributed by atoms with E-state index in [2.05, 4.69) is 10.1 Å². The molecule has 4 rings (SSSR count). The number of carbonyl (C=O) groups is 1. The lowest BCUT2D eigenvalue weighted by molar-refractivity contribution is -0.142. The number of benzene rings is 2. The van der Waals surface area contributed by atoms with E-state index in [1.54, 1.807) is 37.3 Å². The maximum absolute atomic E-state index is 13.9. The SMILES string of the molecule is COC(=O)[C@H](Cc1ccccc1)NP(=O)(OC[C@@H]1OC[C@H](n2cc(C)c(=O)[nH]c2=O)O1)Oc1ccccc1. The number of para-hydroxylation sites is 1. The van der Waals surface area contributed by atoms with Crippen molar-refractivity contribution in [1.29, 1.82) is 0 Å². The van der Waals surface area contributed by atoms with E-state index in [0.29, 0.717) is 5.56 Å². The number of H-pyrrole nitrogens is 1. The fourth-order valence-corrected chi connectivity index (χ4v) is 5.19. The highest BCUT2D eigenvalue weighted by atomic mass is 31.2. The Kier molecular flexibility index (Phi) is 8.93. The van der Waals surface area contributed by atoms with E-state index in [1.165, 1.54) is 17.9 Å². The van der Waals surface area contributed by atoms with Crippen LogP contribution in [0.4, 0.5) is 0 Å². The molecule has 202 valence electrons. The molecule has 0 amide bonds. The predicted molar refractivity (Wildman–Crippen MR) is 136 cm³/mol. The monoisotopic (exact) mass is 545 g/mol. The fraction of sp³-hybridized carbons (Fsp3) is 0.320. The topological polar surface area (TPSA) is 147 Å². The summed E-state index contributed by atoms with van der Waals surface area (Å²) in [5, 5.41) is 2.70. The van der Waals surface area contributed by atoms with Crippen molar-refractivity contribution in [1.82, 2.24) is 14.6 Å². The summed E-state index contributed by atoms with van der Waals surface area (Å²) in [7, 11) is -2.97. The quantitative estimate of drug-likeness (QED) is 0.272. The van der Waals surface area contributed by atoms with Crippen molar-refractivity contribution in [2.45, 2.75) is 31.9 Å². The molecule has 2 heterocycles. The Hall–Kier alpha value is -3.54. The molecule has 12 nitrogen and oxygen atoms in total. The van der Waals surface area contributed by atoms with E-state index in [4.69, 9.17) is 23.3 Å². The lowest BCUT2D eigenvalue weighted by Crippen LogP contribution is -2.39. The van der Waals surface area contributed by atoms with Gasteiger partial charge in [0.15, 0.2) is 12.5 Å². The Morgan fingerprint density at radius 1 is 1.16 bits per heavy atom. The first-order chi connectivity index (χ1) is 18.3. The van der Waals surface area contributed by atoms with Gasteiger partial charge in [-0.2, -0.15) is 5.09 Å². The summed E-state index contributed by atoms with van der Waals surface area (Å²) in [6, 6.07) is 16.4. The molecule has 4 atom stereocenters. The molecule has 1 fully saturated rings. The van der Waals surface area contributed by atoms with E-state index >= 15 is 0 Å². The average Bonchev–Trinajstić information content (AvgIpc) is 3.39. The third-order valence-corrected chi connectivity index (χ3v) is 7.19. The second kappa shape index (κ2) is 12.3. The van der Waals surface area contributed by atoms with Crippen molar-refractivity contribution >= 4 is 13.7 Å². The molecule has 13 heteroatoms. The third-order valence-electron chi connectivity index (χ3n) is 5.62. The molecule has 0 saturated carbocycles. The summed E-state index contributed by atoms with van der Waals surface area (Å²) in [5.41, 5.74) is -0.0261. The molecule has 1 aromatic heterocycles. The van der Waals surface area contributed by atoms with Crippen molar-refractivity contribution in [2.24, 2.45) is 0 Å². The number of aromatic nitrogens is 2. The molecule has 0 spiro atoms. The zero-order chi connectivity index (χ0) is 27.1.